The molecule has 1 unspecified atom stereocenters. The van der Waals surface area contributed by atoms with E-state index in [1.54, 1.807) is 13.1 Å². The average Bonchev–Trinajstić information content (AvgIpc) is 2.95. The van der Waals surface area contributed by atoms with E-state index < -0.39 is 5.97 Å². The lowest BCUT2D eigenvalue weighted by Crippen LogP contribution is -2.14. The summed E-state index contributed by atoms with van der Waals surface area (Å²) in [5.41, 5.74) is 1.59. The fraction of sp³-hybridized carbons (Fsp3) is 0.312. The van der Waals surface area contributed by atoms with Gasteiger partial charge in [-0.05, 0) is 32.9 Å². The van der Waals surface area contributed by atoms with Gasteiger partial charge in [-0.1, -0.05) is 6.07 Å². The van der Waals surface area contributed by atoms with Crippen LogP contribution in [-0.2, 0) is 4.74 Å². The molecule has 0 spiro atoms. The smallest absolute Gasteiger partial charge is 0.358 e. The van der Waals surface area contributed by atoms with Crippen molar-refractivity contribution < 1.29 is 9.53 Å². The van der Waals surface area contributed by atoms with E-state index in [-0.39, 0.29) is 18.3 Å². The molecule has 0 aromatic carbocycles. The van der Waals surface area contributed by atoms with E-state index in [1.807, 2.05) is 32.0 Å². The van der Waals surface area contributed by atoms with E-state index >= 15 is 0 Å². The number of hydrogen-bond donors (Lipinski definition) is 1. The van der Waals surface area contributed by atoms with Crippen molar-refractivity contribution in [1.29, 1.82) is 0 Å². The largest absolute Gasteiger partial charge is 0.461 e. The van der Waals surface area contributed by atoms with Crippen LogP contribution in [0.25, 0.3) is 10.3 Å². The Morgan fingerprint density at radius 1 is 1.33 bits per heavy atom. The van der Waals surface area contributed by atoms with Crippen molar-refractivity contribution in [3.05, 3.63) is 40.8 Å². The molecule has 0 amide bonds. The fourth-order valence-electron chi connectivity index (χ4n) is 2.23. The van der Waals surface area contributed by atoms with Crippen LogP contribution in [0.4, 0.5) is 5.95 Å². The number of nitrogens with one attached hydrogen (secondary N) is 1. The summed E-state index contributed by atoms with van der Waals surface area (Å²) in [6.07, 6.45) is 1.73. The quantitative estimate of drug-likeness (QED) is 0.712. The lowest BCUT2D eigenvalue weighted by atomic mass is 10.2. The Morgan fingerprint density at radius 2 is 2.17 bits per heavy atom. The maximum Gasteiger partial charge on any atom is 0.358 e. The number of hydrogen-bond acceptors (Lipinski definition) is 8. The lowest BCUT2D eigenvalue weighted by molar-refractivity contribution is 0.0522. The third-order valence-electron chi connectivity index (χ3n) is 3.31. The van der Waals surface area contributed by atoms with Crippen molar-refractivity contribution >= 4 is 33.6 Å². The van der Waals surface area contributed by atoms with Crippen molar-refractivity contribution in [1.82, 2.24) is 19.9 Å². The number of carbonyl (C=O) groups is 1. The number of carbonyl (C=O) groups excluding carboxylic acids is 1. The number of esters is 1. The molecule has 8 heteroatoms. The average molecular weight is 343 g/mol. The number of ether oxygens (including phenoxy) is 1. The van der Waals surface area contributed by atoms with Gasteiger partial charge in [0.05, 0.1) is 23.4 Å². The second-order valence-electron chi connectivity index (χ2n) is 5.12. The monoisotopic (exact) mass is 343 g/mol. The molecule has 0 aliphatic rings. The molecule has 3 rings (SSSR count). The highest BCUT2D eigenvalue weighted by Gasteiger charge is 2.20. The first-order chi connectivity index (χ1) is 11.6. The molecule has 1 atom stereocenters. The van der Waals surface area contributed by atoms with Gasteiger partial charge in [-0.25, -0.2) is 14.8 Å². The second-order valence-corrected chi connectivity index (χ2v) is 6.33. The number of fused-ring (bicyclic) bond motifs is 1. The number of aromatic nitrogens is 4. The minimum atomic E-state index is -0.470. The maximum absolute atomic E-state index is 12.2. The molecule has 3 heterocycles. The molecule has 7 nitrogen and oxygen atoms in total. The zero-order chi connectivity index (χ0) is 17.1. The summed E-state index contributed by atoms with van der Waals surface area (Å²) < 4.78 is 5.74. The molecule has 0 bridgehead atoms. The van der Waals surface area contributed by atoms with E-state index in [0.29, 0.717) is 16.3 Å². The van der Waals surface area contributed by atoms with Crippen molar-refractivity contribution in [3.63, 3.8) is 0 Å². The standard InChI is InChI=1S/C16H17N5O2S/c1-4-23-15(22)12-13-14(19-10(3)24-13)21-16(20-12)18-9(2)11-7-5-6-8-17-11/h5-9H,4H2,1-3H3,(H,18,20,21). The van der Waals surface area contributed by atoms with Crippen LogP contribution < -0.4 is 5.32 Å². The van der Waals surface area contributed by atoms with Gasteiger partial charge < -0.3 is 10.1 Å². The van der Waals surface area contributed by atoms with Gasteiger partial charge in [0, 0.05) is 6.20 Å². The van der Waals surface area contributed by atoms with Crippen molar-refractivity contribution in [2.45, 2.75) is 26.8 Å². The van der Waals surface area contributed by atoms with Crippen LogP contribution in [0.1, 0.15) is 41.1 Å². The van der Waals surface area contributed by atoms with E-state index in [2.05, 4.69) is 25.3 Å². The summed E-state index contributed by atoms with van der Waals surface area (Å²) in [6.45, 7) is 5.86. The topological polar surface area (TPSA) is 89.9 Å². The zero-order valence-corrected chi connectivity index (χ0v) is 14.4. The Balaban J connectivity index is 1.97. The predicted octanol–water partition coefficient (Wildman–Crippen LogP) is 3.14. The molecular weight excluding hydrogens is 326 g/mol. The number of nitrogens with zero attached hydrogens (tertiary/aromatic N) is 4. The highest BCUT2D eigenvalue weighted by atomic mass is 32.1. The van der Waals surface area contributed by atoms with Gasteiger partial charge in [0.2, 0.25) is 5.95 Å². The molecule has 24 heavy (non-hydrogen) atoms. The van der Waals surface area contributed by atoms with Gasteiger partial charge >= 0.3 is 5.97 Å². The van der Waals surface area contributed by atoms with E-state index in [1.165, 1.54) is 11.3 Å². The van der Waals surface area contributed by atoms with Crippen LogP contribution in [0.2, 0.25) is 0 Å². The van der Waals surface area contributed by atoms with Gasteiger partial charge in [-0.2, -0.15) is 4.98 Å². The highest BCUT2D eigenvalue weighted by molar-refractivity contribution is 7.18. The zero-order valence-electron chi connectivity index (χ0n) is 13.6. The molecular formula is C16H17N5O2S. The molecule has 0 aliphatic heterocycles. The van der Waals surface area contributed by atoms with Crippen molar-refractivity contribution in [3.8, 4) is 0 Å². The Labute approximate surface area is 143 Å². The molecule has 1 N–H and O–H groups in total. The number of pyridine rings is 1. The third-order valence-corrected chi connectivity index (χ3v) is 4.27. The molecule has 0 aliphatic carbocycles. The van der Waals surface area contributed by atoms with Crippen molar-refractivity contribution in [2.24, 2.45) is 0 Å². The number of rotatable bonds is 5. The van der Waals surface area contributed by atoms with E-state index in [4.69, 9.17) is 4.74 Å². The highest BCUT2D eigenvalue weighted by Crippen LogP contribution is 2.26. The van der Waals surface area contributed by atoms with Crippen LogP contribution in [0.3, 0.4) is 0 Å². The Hall–Kier alpha value is -2.61. The summed E-state index contributed by atoms with van der Waals surface area (Å²) in [5, 5.41) is 3.99. The number of thiazole rings is 1. The molecule has 124 valence electrons. The van der Waals surface area contributed by atoms with E-state index in [9.17, 15) is 4.79 Å². The molecule has 3 aromatic heterocycles. The summed E-state index contributed by atoms with van der Waals surface area (Å²) in [4.78, 5) is 29.6. The molecule has 0 radical (unpaired) electrons. The second kappa shape index (κ2) is 6.88. The molecule has 0 saturated heterocycles. The SMILES string of the molecule is CCOC(=O)c1nc(NC(C)c2ccccn2)nc2nc(C)sc12. The Bertz CT molecular complexity index is 866. The first-order valence-electron chi connectivity index (χ1n) is 7.58. The minimum absolute atomic E-state index is 0.113. The predicted molar refractivity (Wildman–Crippen MR) is 92.2 cm³/mol. The summed E-state index contributed by atoms with van der Waals surface area (Å²) in [5.74, 6) is -0.143. The first kappa shape index (κ1) is 16.3. The molecule has 0 saturated carbocycles. The Kier molecular flexibility index (Phi) is 4.66. The fourth-order valence-corrected chi connectivity index (χ4v) is 3.07. The summed E-state index contributed by atoms with van der Waals surface area (Å²) in [7, 11) is 0. The minimum Gasteiger partial charge on any atom is -0.461 e. The first-order valence-corrected chi connectivity index (χ1v) is 8.40. The normalized spacial score (nSPS) is 12.1. The number of anilines is 1. The van der Waals surface area contributed by atoms with Crippen LogP contribution in [0.5, 0.6) is 0 Å². The summed E-state index contributed by atoms with van der Waals surface area (Å²) >= 11 is 1.38. The molecule has 0 fully saturated rings. The molecule has 3 aromatic rings. The maximum atomic E-state index is 12.2. The van der Waals surface area contributed by atoms with Crippen molar-refractivity contribution in [2.75, 3.05) is 11.9 Å². The third kappa shape index (κ3) is 3.33. The van der Waals surface area contributed by atoms with Crippen LogP contribution in [-0.4, -0.2) is 32.5 Å². The number of aryl methyl sites for hydroxylation is 1. The Morgan fingerprint density at radius 3 is 2.88 bits per heavy atom. The van der Waals surface area contributed by atoms with Gasteiger partial charge in [0.25, 0.3) is 0 Å². The van der Waals surface area contributed by atoms with E-state index in [0.717, 1.165) is 10.7 Å². The van der Waals surface area contributed by atoms with Gasteiger partial charge in [-0.3, -0.25) is 4.98 Å². The van der Waals surface area contributed by atoms with Crippen LogP contribution in [0.15, 0.2) is 24.4 Å². The lowest BCUT2D eigenvalue weighted by Gasteiger charge is -2.13. The van der Waals surface area contributed by atoms with Gasteiger partial charge in [0.1, 0.15) is 4.70 Å². The van der Waals surface area contributed by atoms with Gasteiger partial charge in [0.15, 0.2) is 11.3 Å². The summed E-state index contributed by atoms with van der Waals surface area (Å²) in [6, 6.07) is 5.57. The van der Waals surface area contributed by atoms with Crippen LogP contribution >= 0.6 is 11.3 Å². The van der Waals surface area contributed by atoms with Gasteiger partial charge in [-0.15, -0.1) is 11.3 Å². The van der Waals surface area contributed by atoms with Crippen LogP contribution in [0, 0.1) is 6.92 Å².